The van der Waals surface area contributed by atoms with E-state index in [1.54, 1.807) is 12.1 Å². The highest BCUT2D eigenvalue weighted by atomic mass is 16.5. The second-order valence-corrected chi connectivity index (χ2v) is 9.88. The number of allylic oxidation sites excluding steroid dienone is 1. The minimum Gasteiger partial charge on any atom is -0.494 e. The average Bonchev–Trinajstić information content (AvgIpc) is 2.94. The van der Waals surface area contributed by atoms with Crippen molar-refractivity contribution in [2.24, 2.45) is 5.92 Å². The van der Waals surface area contributed by atoms with Gasteiger partial charge in [-0.05, 0) is 91.1 Å². The molecule has 0 aliphatic carbocycles. The number of aryl methyl sites for hydroxylation is 1. The highest BCUT2D eigenvalue weighted by Crippen LogP contribution is 2.23. The molecule has 1 unspecified atom stereocenters. The molecule has 0 N–H and O–H groups in total. The van der Waals surface area contributed by atoms with Gasteiger partial charge in [-0.2, -0.15) is 0 Å². The van der Waals surface area contributed by atoms with E-state index in [2.05, 4.69) is 44.7 Å². The predicted molar refractivity (Wildman–Crippen MR) is 154 cm³/mol. The van der Waals surface area contributed by atoms with E-state index in [1.165, 1.54) is 44.1 Å². The number of rotatable bonds is 16. The Morgan fingerprint density at radius 3 is 2.05 bits per heavy atom. The van der Waals surface area contributed by atoms with Crippen molar-refractivity contribution in [3.8, 4) is 22.6 Å². The Hall–Kier alpha value is -3.33. The fourth-order valence-corrected chi connectivity index (χ4v) is 4.16. The first-order valence-corrected chi connectivity index (χ1v) is 13.8. The lowest BCUT2D eigenvalue weighted by Gasteiger charge is -2.09. The SMILES string of the molecule is C=CCCCCCCCOc1ccc(OC(=O)c2ccc(-c3ccc(CCC(C)CC)cc3)cc2)cc1. The summed E-state index contributed by atoms with van der Waals surface area (Å²) < 4.78 is 11.4. The van der Waals surface area contributed by atoms with Gasteiger partial charge in [0.05, 0.1) is 12.2 Å². The Morgan fingerprint density at radius 2 is 1.41 bits per heavy atom. The van der Waals surface area contributed by atoms with Crippen molar-refractivity contribution in [2.75, 3.05) is 6.61 Å². The van der Waals surface area contributed by atoms with Crippen LogP contribution in [-0.2, 0) is 6.42 Å². The van der Waals surface area contributed by atoms with E-state index in [9.17, 15) is 4.79 Å². The quantitative estimate of drug-likeness (QED) is 0.0854. The molecule has 0 bridgehead atoms. The standard InChI is InChI=1S/C34H42O3/c1-4-6-7-8-9-10-11-26-36-32-22-24-33(25-23-32)37-34(35)31-20-18-30(19-21-31)29-16-14-28(15-17-29)13-12-27(3)5-2/h4,14-25,27H,1,5-13,26H2,2-3H3. The highest BCUT2D eigenvalue weighted by Gasteiger charge is 2.10. The summed E-state index contributed by atoms with van der Waals surface area (Å²) in [5, 5.41) is 0. The number of hydrogen-bond acceptors (Lipinski definition) is 3. The van der Waals surface area contributed by atoms with E-state index in [0.717, 1.165) is 42.1 Å². The van der Waals surface area contributed by atoms with Crippen LogP contribution in [0.1, 0.15) is 81.1 Å². The maximum Gasteiger partial charge on any atom is 0.343 e. The van der Waals surface area contributed by atoms with E-state index < -0.39 is 0 Å². The third-order valence-electron chi connectivity index (χ3n) is 6.89. The monoisotopic (exact) mass is 498 g/mol. The van der Waals surface area contributed by atoms with Gasteiger partial charge in [-0.15, -0.1) is 6.58 Å². The first-order chi connectivity index (χ1) is 18.1. The topological polar surface area (TPSA) is 35.5 Å². The Morgan fingerprint density at radius 1 is 0.811 bits per heavy atom. The number of carbonyl (C=O) groups is 1. The van der Waals surface area contributed by atoms with Crippen LogP contribution in [0.25, 0.3) is 11.1 Å². The molecule has 0 aliphatic heterocycles. The van der Waals surface area contributed by atoms with Crippen LogP contribution in [0.3, 0.4) is 0 Å². The lowest BCUT2D eigenvalue weighted by Crippen LogP contribution is -2.08. The molecule has 3 heteroatoms. The summed E-state index contributed by atoms with van der Waals surface area (Å²) in [4.78, 5) is 12.6. The maximum atomic E-state index is 12.6. The molecule has 0 saturated carbocycles. The van der Waals surface area contributed by atoms with Gasteiger partial charge in [-0.25, -0.2) is 4.79 Å². The number of carbonyl (C=O) groups excluding carboxylic acids is 1. The second-order valence-electron chi connectivity index (χ2n) is 9.88. The third kappa shape index (κ3) is 9.92. The number of esters is 1. The van der Waals surface area contributed by atoms with Gasteiger partial charge in [0.1, 0.15) is 11.5 Å². The minimum atomic E-state index is -0.364. The smallest absolute Gasteiger partial charge is 0.343 e. The zero-order valence-corrected chi connectivity index (χ0v) is 22.6. The minimum absolute atomic E-state index is 0.364. The fourth-order valence-electron chi connectivity index (χ4n) is 4.16. The first-order valence-electron chi connectivity index (χ1n) is 13.8. The largest absolute Gasteiger partial charge is 0.494 e. The lowest BCUT2D eigenvalue weighted by atomic mass is 9.97. The molecule has 37 heavy (non-hydrogen) atoms. The van der Waals surface area contributed by atoms with Crippen molar-refractivity contribution in [3.63, 3.8) is 0 Å². The molecule has 196 valence electrons. The summed E-state index contributed by atoms with van der Waals surface area (Å²) >= 11 is 0. The fraction of sp³-hybridized carbons (Fsp3) is 0.382. The molecular formula is C34H42O3. The van der Waals surface area contributed by atoms with Crippen molar-refractivity contribution < 1.29 is 14.3 Å². The van der Waals surface area contributed by atoms with Crippen LogP contribution in [-0.4, -0.2) is 12.6 Å². The molecule has 3 aromatic carbocycles. The van der Waals surface area contributed by atoms with Crippen LogP contribution in [0.4, 0.5) is 0 Å². The molecule has 0 spiro atoms. The van der Waals surface area contributed by atoms with E-state index in [-0.39, 0.29) is 5.97 Å². The van der Waals surface area contributed by atoms with Crippen LogP contribution in [0.15, 0.2) is 85.5 Å². The zero-order valence-electron chi connectivity index (χ0n) is 22.6. The second kappa shape index (κ2) is 15.7. The van der Waals surface area contributed by atoms with Crippen LogP contribution in [0, 0.1) is 5.92 Å². The van der Waals surface area contributed by atoms with Crippen molar-refractivity contribution in [2.45, 2.75) is 71.6 Å². The van der Waals surface area contributed by atoms with Crippen molar-refractivity contribution in [1.82, 2.24) is 0 Å². The molecular weight excluding hydrogens is 456 g/mol. The highest BCUT2D eigenvalue weighted by molar-refractivity contribution is 5.91. The first kappa shape index (κ1) is 28.2. The number of hydrogen-bond donors (Lipinski definition) is 0. The molecule has 0 saturated heterocycles. The number of unbranched alkanes of at least 4 members (excludes halogenated alkanes) is 5. The average molecular weight is 499 g/mol. The summed E-state index contributed by atoms with van der Waals surface area (Å²) in [6.45, 7) is 9.01. The summed E-state index contributed by atoms with van der Waals surface area (Å²) in [5.41, 5.74) is 4.14. The van der Waals surface area contributed by atoms with Gasteiger partial charge in [-0.1, -0.05) is 82.0 Å². The summed E-state index contributed by atoms with van der Waals surface area (Å²) in [6.07, 6.45) is 12.6. The zero-order chi connectivity index (χ0) is 26.3. The predicted octanol–water partition coefficient (Wildman–Crippen LogP) is 9.46. The van der Waals surface area contributed by atoms with E-state index >= 15 is 0 Å². The molecule has 3 nitrogen and oxygen atoms in total. The molecule has 1 atom stereocenters. The van der Waals surface area contributed by atoms with Crippen LogP contribution in [0.2, 0.25) is 0 Å². The molecule has 3 aromatic rings. The summed E-state index contributed by atoms with van der Waals surface area (Å²) in [6, 6.07) is 23.6. The van der Waals surface area contributed by atoms with Gasteiger partial charge in [0.15, 0.2) is 0 Å². The van der Waals surface area contributed by atoms with Crippen LogP contribution >= 0.6 is 0 Å². The maximum absolute atomic E-state index is 12.6. The Labute approximate surface area is 223 Å². The van der Waals surface area contributed by atoms with E-state index in [0.29, 0.717) is 17.9 Å². The molecule has 0 aromatic heterocycles. The van der Waals surface area contributed by atoms with Gasteiger partial charge >= 0.3 is 5.97 Å². The van der Waals surface area contributed by atoms with Crippen LogP contribution < -0.4 is 9.47 Å². The Kier molecular flexibility index (Phi) is 12.0. The lowest BCUT2D eigenvalue weighted by molar-refractivity contribution is 0.0734. The molecule has 0 amide bonds. The number of benzene rings is 3. The molecule has 0 aliphatic rings. The Bertz CT molecular complexity index is 1070. The van der Waals surface area contributed by atoms with Gasteiger partial charge < -0.3 is 9.47 Å². The normalized spacial score (nSPS) is 11.6. The number of ether oxygens (including phenoxy) is 2. The van der Waals surface area contributed by atoms with Crippen molar-refractivity contribution >= 4 is 5.97 Å². The van der Waals surface area contributed by atoms with E-state index in [1.807, 2.05) is 42.5 Å². The summed E-state index contributed by atoms with van der Waals surface area (Å²) in [5.74, 6) is 1.70. The molecule has 0 heterocycles. The van der Waals surface area contributed by atoms with Crippen molar-refractivity contribution in [1.29, 1.82) is 0 Å². The van der Waals surface area contributed by atoms with Gasteiger partial charge in [0.25, 0.3) is 0 Å². The van der Waals surface area contributed by atoms with Crippen LogP contribution in [0.5, 0.6) is 11.5 Å². The summed E-state index contributed by atoms with van der Waals surface area (Å²) in [7, 11) is 0. The Balaban J connectivity index is 1.43. The van der Waals surface area contributed by atoms with Gasteiger partial charge in [-0.3, -0.25) is 0 Å². The third-order valence-corrected chi connectivity index (χ3v) is 6.89. The molecule has 0 radical (unpaired) electrons. The van der Waals surface area contributed by atoms with Gasteiger partial charge in [0.2, 0.25) is 0 Å². The van der Waals surface area contributed by atoms with Crippen molar-refractivity contribution in [3.05, 3.63) is 96.6 Å². The van der Waals surface area contributed by atoms with E-state index in [4.69, 9.17) is 9.47 Å². The molecule has 0 fully saturated rings. The molecule has 3 rings (SSSR count). The van der Waals surface area contributed by atoms with Gasteiger partial charge in [0, 0.05) is 0 Å².